The van der Waals surface area contributed by atoms with Crippen molar-refractivity contribution >= 4 is 40.1 Å². The highest BCUT2D eigenvalue weighted by atomic mass is 35.5. The third-order valence-electron chi connectivity index (χ3n) is 7.35. The van der Waals surface area contributed by atoms with Crippen LogP contribution in [0.2, 0.25) is 5.02 Å². The van der Waals surface area contributed by atoms with E-state index < -0.39 is 17.7 Å². The number of anilines is 2. The number of halogens is 1. The van der Waals surface area contributed by atoms with Gasteiger partial charge in [0.05, 0.1) is 35.8 Å². The molecule has 1 aliphatic rings. The molecule has 4 aromatic rings. The molecule has 0 amide bonds. The van der Waals surface area contributed by atoms with Crippen molar-refractivity contribution in [3.8, 4) is 16.9 Å². The van der Waals surface area contributed by atoms with Crippen LogP contribution in [0.3, 0.4) is 0 Å². The average molecular weight is 593 g/mol. The van der Waals surface area contributed by atoms with Crippen molar-refractivity contribution < 1.29 is 24.1 Å². The summed E-state index contributed by atoms with van der Waals surface area (Å²) in [4.78, 5) is 24.3. The van der Waals surface area contributed by atoms with Gasteiger partial charge in [-0.25, -0.2) is 14.8 Å². The van der Waals surface area contributed by atoms with Gasteiger partial charge in [0.25, 0.3) is 0 Å². The lowest BCUT2D eigenvalue weighted by Crippen LogP contribution is -2.32. The van der Waals surface area contributed by atoms with Gasteiger partial charge in [-0.05, 0) is 69.5 Å². The molecular formula is C32H37ClN4O5. The van der Waals surface area contributed by atoms with Crippen LogP contribution in [-0.4, -0.2) is 58.1 Å². The number of benzene rings is 2. The molecule has 0 bridgehead atoms. The van der Waals surface area contributed by atoms with Gasteiger partial charge in [0.1, 0.15) is 0 Å². The third kappa shape index (κ3) is 5.82. The van der Waals surface area contributed by atoms with E-state index in [1.165, 1.54) is 0 Å². The summed E-state index contributed by atoms with van der Waals surface area (Å²) in [6.45, 7) is 12.1. The molecule has 0 aliphatic carbocycles. The summed E-state index contributed by atoms with van der Waals surface area (Å²) in [6, 6.07) is 9.64. The SMILES string of the molecule is COCCCOc1cnc(N2CCn3c(C)cc4c(-c5ccc(Cl)cc5)c([C@H](OC(C)(C)C)C(=O)O)c(C)c2c43)nc1. The number of nitrogens with zero attached hydrogens (tertiary/aromatic N) is 4. The van der Waals surface area contributed by atoms with Crippen molar-refractivity contribution in [1.82, 2.24) is 14.5 Å². The van der Waals surface area contributed by atoms with E-state index in [1.54, 1.807) is 19.5 Å². The maximum Gasteiger partial charge on any atom is 0.337 e. The predicted octanol–water partition coefficient (Wildman–Crippen LogP) is 6.88. The molecule has 1 N–H and O–H groups in total. The molecule has 9 nitrogen and oxygen atoms in total. The van der Waals surface area contributed by atoms with E-state index in [0.29, 0.717) is 42.0 Å². The van der Waals surface area contributed by atoms with E-state index in [2.05, 4.69) is 32.4 Å². The number of ether oxygens (including phenoxy) is 3. The molecule has 2 aromatic carbocycles. The molecule has 2 aromatic heterocycles. The standard InChI is InChI=1S/C32H37ClN4O5/c1-19-16-24-26(21-8-10-22(33)11-9-21)25(29(30(38)39)42-32(3,4)5)20(2)27-28(24)36(19)12-13-37(27)31-34-17-23(18-35-31)41-15-7-14-40-6/h8-11,16-18,29H,7,12-15H2,1-6H3,(H,38,39)/t29-/m0/s1. The van der Waals surface area contributed by atoms with Gasteiger partial charge in [0.2, 0.25) is 5.95 Å². The first-order valence-corrected chi connectivity index (χ1v) is 14.4. The van der Waals surface area contributed by atoms with E-state index in [9.17, 15) is 9.90 Å². The minimum atomic E-state index is -1.22. The maximum absolute atomic E-state index is 12.9. The first kappa shape index (κ1) is 29.8. The van der Waals surface area contributed by atoms with Crippen molar-refractivity contribution in [3.63, 3.8) is 0 Å². The fourth-order valence-electron chi connectivity index (χ4n) is 5.65. The largest absolute Gasteiger partial charge is 0.490 e. The summed E-state index contributed by atoms with van der Waals surface area (Å²) in [7, 11) is 1.66. The minimum Gasteiger partial charge on any atom is -0.490 e. The Kier molecular flexibility index (Phi) is 8.46. The lowest BCUT2D eigenvalue weighted by Gasteiger charge is -2.35. The van der Waals surface area contributed by atoms with Gasteiger partial charge in [0, 0.05) is 54.9 Å². The second kappa shape index (κ2) is 11.9. The summed E-state index contributed by atoms with van der Waals surface area (Å²) < 4.78 is 19.4. The number of aryl methyl sites for hydroxylation is 1. The van der Waals surface area contributed by atoms with E-state index in [-0.39, 0.29) is 0 Å². The van der Waals surface area contributed by atoms with E-state index >= 15 is 0 Å². The van der Waals surface area contributed by atoms with Gasteiger partial charge < -0.3 is 28.8 Å². The summed E-state index contributed by atoms with van der Waals surface area (Å²) in [5, 5.41) is 12.1. The molecule has 42 heavy (non-hydrogen) atoms. The monoisotopic (exact) mass is 592 g/mol. The fraction of sp³-hybridized carbons (Fsp3) is 0.406. The van der Waals surface area contributed by atoms with Gasteiger partial charge in [-0.15, -0.1) is 0 Å². The summed E-state index contributed by atoms with van der Waals surface area (Å²) in [6.07, 6.45) is 2.90. The minimum absolute atomic E-state index is 0.507. The van der Waals surface area contributed by atoms with Crippen LogP contribution in [0.25, 0.3) is 22.0 Å². The first-order chi connectivity index (χ1) is 20.0. The number of rotatable bonds is 10. The van der Waals surface area contributed by atoms with Crippen LogP contribution in [0.4, 0.5) is 11.6 Å². The van der Waals surface area contributed by atoms with Gasteiger partial charge >= 0.3 is 5.97 Å². The van der Waals surface area contributed by atoms with Gasteiger partial charge in [0.15, 0.2) is 11.9 Å². The Bertz CT molecular complexity index is 1590. The zero-order chi connectivity index (χ0) is 30.2. The van der Waals surface area contributed by atoms with Gasteiger partial charge in [-0.1, -0.05) is 23.7 Å². The van der Waals surface area contributed by atoms with Gasteiger partial charge in [-0.2, -0.15) is 0 Å². The predicted molar refractivity (Wildman–Crippen MR) is 164 cm³/mol. The third-order valence-corrected chi connectivity index (χ3v) is 7.60. The Morgan fingerprint density at radius 2 is 1.79 bits per heavy atom. The first-order valence-electron chi connectivity index (χ1n) is 14.0. The maximum atomic E-state index is 12.9. The van der Waals surface area contributed by atoms with E-state index in [1.807, 2.05) is 52.0 Å². The molecule has 1 aliphatic heterocycles. The summed E-state index contributed by atoms with van der Waals surface area (Å²) >= 11 is 6.26. The lowest BCUT2D eigenvalue weighted by atomic mass is 9.87. The second-order valence-electron chi connectivity index (χ2n) is 11.5. The fourth-order valence-corrected chi connectivity index (χ4v) is 5.78. The molecule has 0 saturated heterocycles. The number of methoxy groups -OCH3 is 1. The van der Waals surface area contributed by atoms with E-state index in [4.69, 9.17) is 25.8 Å². The highest BCUT2D eigenvalue weighted by molar-refractivity contribution is 6.30. The Morgan fingerprint density at radius 3 is 2.40 bits per heavy atom. The van der Waals surface area contributed by atoms with Crippen LogP contribution in [0, 0.1) is 13.8 Å². The number of carboxylic acid groups (broad SMARTS) is 1. The molecule has 0 fully saturated rings. The molecule has 222 valence electrons. The highest BCUT2D eigenvalue weighted by Gasteiger charge is 2.36. The number of carbonyl (C=O) groups is 1. The Morgan fingerprint density at radius 1 is 1.10 bits per heavy atom. The van der Waals surface area contributed by atoms with Crippen molar-refractivity contribution in [3.05, 3.63) is 64.6 Å². The average Bonchev–Trinajstić information content (AvgIpc) is 3.28. The molecule has 0 unspecified atom stereocenters. The van der Waals surface area contributed by atoms with Crippen molar-refractivity contribution in [2.45, 2.75) is 59.3 Å². The molecule has 5 rings (SSSR count). The van der Waals surface area contributed by atoms with Crippen LogP contribution < -0.4 is 9.64 Å². The summed E-state index contributed by atoms with van der Waals surface area (Å²) in [5.74, 6) is 0.0401. The number of hydrogen-bond acceptors (Lipinski definition) is 7. The smallest absolute Gasteiger partial charge is 0.337 e. The Hall–Kier alpha value is -3.66. The number of aliphatic carboxylic acids is 1. The quantitative estimate of drug-likeness (QED) is 0.199. The topological polar surface area (TPSA) is 98.9 Å². The molecule has 0 spiro atoms. The molecule has 3 heterocycles. The normalized spacial score (nSPS) is 13.9. The van der Waals surface area contributed by atoms with Crippen LogP contribution in [0.15, 0.2) is 42.7 Å². The molecule has 0 saturated carbocycles. The second-order valence-corrected chi connectivity index (χ2v) is 11.9. The van der Waals surface area contributed by atoms with Crippen LogP contribution in [0.5, 0.6) is 5.75 Å². The van der Waals surface area contributed by atoms with Gasteiger partial charge in [-0.3, -0.25) is 0 Å². The highest BCUT2D eigenvalue weighted by Crippen LogP contribution is 2.49. The van der Waals surface area contributed by atoms with Crippen molar-refractivity contribution in [2.24, 2.45) is 0 Å². The van der Waals surface area contributed by atoms with Crippen molar-refractivity contribution in [2.75, 3.05) is 31.8 Å². The number of hydrogen-bond donors (Lipinski definition) is 1. The lowest BCUT2D eigenvalue weighted by molar-refractivity contribution is -0.160. The molecular weight excluding hydrogens is 556 g/mol. The Labute approximate surface area is 251 Å². The van der Waals surface area contributed by atoms with Crippen LogP contribution >= 0.6 is 11.6 Å². The van der Waals surface area contributed by atoms with Crippen LogP contribution in [0.1, 0.15) is 50.1 Å². The molecule has 0 radical (unpaired) electrons. The molecule has 1 atom stereocenters. The number of aromatic nitrogens is 3. The zero-order valence-corrected chi connectivity index (χ0v) is 25.7. The summed E-state index contributed by atoms with van der Waals surface area (Å²) in [5.41, 5.74) is 5.35. The zero-order valence-electron chi connectivity index (χ0n) is 24.9. The molecule has 10 heteroatoms. The van der Waals surface area contributed by atoms with Crippen molar-refractivity contribution in [1.29, 1.82) is 0 Å². The Balaban J connectivity index is 1.72. The number of carboxylic acids is 1. The van der Waals surface area contributed by atoms with Crippen LogP contribution in [-0.2, 0) is 20.8 Å². The van der Waals surface area contributed by atoms with E-state index in [0.717, 1.165) is 51.9 Å².